The molecular weight excluding hydrogens is 648 g/mol. The van der Waals surface area contributed by atoms with Crippen molar-refractivity contribution in [1.29, 1.82) is 0 Å². The molecule has 2 fully saturated rings. The molecule has 4 aromatic rings. The number of aromatic nitrogens is 8. The van der Waals surface area contributed by atoms with Gasteiger partial charge in [0.2, 0.25) is 0 Å². The highest BCUT2D eigenvalue weighted by molar-refractivity contribution is 8.84. The number of rotatable bonds is 12. The molecule has 1 unspecified atom stereocenters. The van der Waals surface area contributed by atoms with Crippen LogP contribution in [0.1, 0.15) is 31.7 Å². The summed E-state index contributed by atoms with van der Waals surface area (Å²) in [6.07, 6.45) is 4.06. The van der Waals surface area contributed by atoms with Crippen molar-refractivity contribution in [2.75, 3.05) is 24.7 Å². The second-order valence-corrected chi connectivity index (χ2v) is 16.3. The molecule has 0 aliphatic carbocycles. The first kappa shape index (κ1) is 30.3. The summed E-state index contributed by atoms with van der Waals surface area (Å²) in [5.74, 6) is -3.24. The molecule has 230 valence electrons. The molecule has 0 amide bonds. The van der Waals surface area contributed by atoms with Gasteiger partial charge in [0.05, 0.1) is 38.1 Å². The summed E-state index contributed by atoms with van der Waals surface area (Å²) in [4.78, 5) is 35.4. The van der Waals surface area contributed by atoms with Gasteiger partial charge in [-0.3, -0.25) is 18.3 Å². The average Bonchev–Trinajstić information content (AvgIpc) is 3.76. The van der Waals surface area contributed by atoms with Gasteiger partial charge in [-0.1, -0.05) is 12.2 Å². The van der Waals surface area contributed by atoms with Crippen LogP contribution in [0.5, 0.6) is 0 Å². The van der Waals surface area contributed by atoms with Gasteiger partial charge in [-0.05, 0) is 12.8 Å². The van der Waals surface area contributed by atoms with Gasteiger partial charge >= 0.3 is 14.0 Å². The number of ether oxygens (including phenoxy) is 2. The second-order valence-electron chi connectivity index (χ2n) is 9.46. The lowest BCUT2D eigenvalue weighted by Gasteiger charge is -2.20. The Labute approximate surface area is 252 Å². The van der Waals surface area contributed by atoms with E-state index in [0.717, 1.165) is 0 Å². The number of nitrogen functional groups attached to an aromatic ring is 2. The first-order chi connectivity index (χ1) is 20.7. The van der Waals surface area contributed by atoms with E-state index in [-0.39, 0.29) is 55.2 Å². The van der Waals surface area contributed by atoms with Crippen molar-refractivity contribution in [3.8, 4) is 0 Å². The molecule has 23 heteroatoms. The predicted molar refractivity (Wildman–Crippen MR) is 157 cm³/mol. The summed E-state index contributed by atoms with van der Waals surface area (Å²) in [7, 11) is -3.06. The number of nitrogens with two attached hydrogens (primary N) is 2. The smallest absolute Gasteiger partial charge is 0.335 e. The molecular formula is C20H25N11O8P2S2. The summed E-state index contributed by atoms with van der Waals surface area (Å²) in [5, 5.41) is 0. The maximum atomic E-state index is 12.9. The molecule has 4 N–H and O–H groups in total. The van der Waals surface area contributed by atoms with Crippen molar-refractivity contribution in [2.45, 2.75) is 50.0 Å². The lowest BCUT2D eigenvalue weighted by molar-refractivity contribution is -0.0366. The maximum Gasteiger partial charge on any atom is 0.335 e. The van der Waals surface area contributed by atoms with Crippen molar-refractivity contribution in [1.82, 2.24) is 39.0 Å². The highest BCUT2D eigenvalue weighted by Gasteiger charge is 2.41. The minimum atomic E-state index is -3.70. The molecule has 2 saturated heterocycles. The van der Waals surface area contributed by atoms with Crippen molar-refractivity contribution in [3.63, 3.8) is 0 Å². The Morgan fingerprint density at radius 3 is 2.30 bits per heavy atom. The van der Waals surface area contributed by atoms with E-state index >= 15 is 0 Å². The van der Waals surface area contributed by atoms with Gasteiger partial charge in [-0.15, -0.1) is 4.91 Å². The van der Waals surface area contributed by atoms with Crippen LogP contribution in [0.2, 0.25) is 0 Å². The van der Waals surface area contributed by atoms with Crippen LogP contribution < -0.4 is 11.5 Å². The predicted octanol–water partition coefficient (Wildman–Crippen LogP) is 3.06. The maximum absolute atomic E-state index is 12.9. The van der Waals surface area contributed by atoms with Crippen molar-refractivity contribution in [3.05, 3.63) is 30.2 Å². The van der Waals surface area contributed by atoms with Crippen LogP contribution in [0.15, 0.2) is 29.9 Å². The van der Waals surface area contributed by atoms with E-state index in [1.165, 1.54) is 19.0 Å². The van der Waals surface area contributed by atoms with E-state index < -0.39 is 32.5 Å². The Bertz CT molecular complexity index is 1710. The van der Waals surface area contributed by atoms with Crippen molar-refractivity contribution < 1.29 is 32.2 Å². The van der Waals surface area contributed by atoms with Crippen LogP contribution in [0, 0.1) is 4.91 Å². The van der Waals surface area contributed by atoms with E-state index in [9.17, 15) is 14.0 Å². The number of nitroso groups, excluding NO2 is 1. The average molecular weight is 674 g/mol. The SMILES string of the molecule is Nc1ncnc2c1ncn2[C@H]1CC[C@@H](CO[PH](=O)O[C@H]2C[C@H](n3cnc4c(N)ncnc43)O[C@@H]2CO[P@@](=O)(S)SN=O)O1. The van der Waals surface area contributed by atoms with Gasteiger partial charge in [-0.2, -0.15) is 0 Å². The number of anilines is 2. The fourth-order valence-corrected chi connectivity index (χ4v) is 7.27. The lowest BCUT2D eigenvalue weighted by Crippen LogP contribution is -2.27. The summed E-state index contributed by atoms with van der Waals surface area (Å²) in [6, 6.07) is 0. The first-order valence-corrected chi connectivity index (χ1v) is 18.1. The fraction of sp³-hybridized carbons (Fsp3) is 0.500. The summed E-state index contributed by atoms with van der Waals surface area (Å²) >= 11 is 4.03. The van der Waals surface area contributed by atoms with Gasteiger partial charge in [0.15, 0.2) is 22.9 Å². The van der Waals surface area contributed by atoms with Gasteiger partial charge in [-0.25, -0.2) is 29.9 Å². The third kappa shape index (κ3) is 6.54. The molecule has 0 spiro atoms. The van der Waals surface area contributed by atoms with Gasteiger partial charge in [0.1, 0.15) is 53.8 Å². The molecule has 43 heavy (non-hydrogen) atoms. The standard InChI is InChI=1S/C20H25N11O8P2S2/c21-17-15-19(25-6-23-17)30(8-27-15)13-2-1-10(37-13)4-35-40(33)39-11-3-14(38-12(11)5-36-41(34,42)43-29-32)31-9-28-16-18(22)24-7-26-20(16)31/h6-14,40H,1-5H2,(H,34,42)(H2,21,23,25)(H2,22,24,26)/t10-,11-,12+,13+,14+,41-/m0/s1. The molecule has 2 aliphatic rings. The van der Waals surface area contributed by atoms with Crippen LogP contribution in [0.25, 0.3) is 22.3 Å². The lowest BCUT2D eigenvalue weighted by atomic mass is 10.2. The zero-order valence-electron chi connectivity index (χ0n) is 22.0. The third-order valence-electron chi connectivity index (χ3n) is 6.83. The summed E-state index contributed by atoms with van der Waals surface area (Å²) in [5.41, 5.74) is 13.6. The molecule has 0 saturated carbocycles. The van der Waals surface area contributed by atoms with Crippen LogP contribution >= 0.6 is 37.8 Å². The van der Waals surface area contributed by atoms with Crippen LogP contribution in [0.4, 0.5) is 11.6 Å². The molecule has 19 nitrogen and oxygen atoms in total. The van der Waals surface area contributed by atoms with Crippen LogP contribution in [-0.2, 0) is 32.2 Å². The van der Waals surface area contributed by atoms with E-state index in [4.69, 9.17) is 34.5 Å². The van der Waals surface area contributed by atoms with E-state index in [0.29, 0.717) is 35.2 Å². The Morgan fingerprint density at radius 1 is 1.00 bits per heavy atom. The highest BCUT2D eigenvalue weighted by atomic mass is 33.1. The molecule has 0 radical (unpaired) electrons. The van der Waals surface area contributed by atoms with Crippen LogP contribution in [-0.4, -0.2) is 70.6 Å². The monoisotopic (exact) mass is 673 g/mol. The molecule has 6 heterocycles. The van der Waals surface area contributed by atoms with Gasteiger partial charge in [0, 0.05) is 11.0 Å². The normalized spacial score (nSPS) is 26.2. The number of nitrogens with zero attached hydrogens (tertiary/aromatic N) is 9. The third-order valence-corrected chi connectivity index (χ3v) is 10.6. The van der Waals surface area contributed by atoms with E-state index in [2.05, 4.69) is 46.7 Å². The van der Waals surface area contributed by atoms with Crippen molar-refractivity contribution >= 4 is 71.8 Å². The van der Waals surface area contributed by atoms with Crippen molar-refractivity contribution in [2.24, 2.45) is 4.58 Å². The Balaban J connectivity index is 1.09. The molecule has 4 aromatic heterocycles. The Kier molecular flexibility index (Phi) is 8.95. The number of fused-ring (bicyclic) bond motifs is 2. The van der Waals surface area contributed by atoms with E-state index in [1.807, 2.05) is 0 Å². The second kappa shape index (κ2) is 12.7. The highest BCUT2D eigenvalue weighted by Crippen LogP contribution is 2.64. The van der Waals surface area contributed by atoms with Gasteiger partial charge < -0.3 is 34.5 Å². The first-order valence-electron chi connectivity index (χ1n) is 12.7. The fourth-order valence-electron chi connectivity index (χ4n) is 4.87. The van der Waals surface area contributed by atoms with Gasteiger partial charge in [0.25, 0.3) is 0 Å². The number of thiol groups is 1. The summed E-state index contributed by atoms with van der Waals surface area (Å²) in [6.45, 7) is -0.296. The summed E-state index contributed by atoms with van der Waals surface area (Å²) < 4.78 is 59.9. The minimum absolute atomic E-state index is 0.00601. The number of imidazole rings is 2. The quantitative estimate of drug-likeness (QED) is 0.0845. The topological polar surface area (TPSA) is 249 Å². The largest absolute Gasteiger partial charge is 0.382 e. The zero-order valence-corrected chi connectivity index (χ0v) is 25.6. The Hall–Kier alpha value is -2.74. The molecule has 7 atom stereocenters. The number of hydrogen-bond acceptors (Lipinski definition) is 18. The van der Waals surface area contributed by atoms with Crippen LogP contribution in [0.3, 0.4) is 0 Å². The number of hydrogen-bond donors (Lipinski definition) is 3. The Morgan fingerprint density at radius 2 is 1.65 bits per heavy atom. The van der Waals surface area contributed by atoms with E-state index in [1.54, 1.807) is 15.5 Å². The minimum Gasteiger partial charge on any atom is -0.382 e. The molecule has 0 bridgehead atoms. The molecule has 2 aliphatic heterocycles. The molecule has 6 rings (SSSR count). The zero-order chi connectivity index (χ0) is 30.1. The molecule has 0 aromatic carbocycles.